The van der Waals surface area contributed by atoms with Crippen LogP contribution in [0.3, 0.4) is 0 Å². The van der Waals surface area contributed by atoms with Crippen molar-refractivity contribution in [2.75, 3.05) is 0 Å². The van der Waals surface area contributed by atoms with Gasteiger partial charge < -0.3 is 0 Å². The SMILES string of the molecule is CC=CC=CCc1cc(-c2cccc(-c3ccccc3)c2)cc(-c2cccc(-c3nc(-c4cccc(-c5cc(-c6ccccc6)cc(-c6cccc(-c7ccccc7)c6)c5)c4)nc(-c4ccc5c(c4)C4(c6ccccc6-c6ccccc64)c4ccccc4-5)n3)c2)c1. The lowest BCUT2D eigenvalue weighted by atomic mass is 9.70. The topological polar surface area (TPSA) is 38.7 Å². The van der Waals surface area contributed by atoms with Gasteiger partial charge >= 0.3 is 0 Å². The largest absolute Gasteiger partial charge is 0.208 e. The highest BCUT2D eigenvalue weighted by Gasteiger charge is 2.51. The fraction of sp³-hybridized carbons (Fsp3) is 0.0341. The van der Waals surface area contributed by atoms with E-state index >= 15 is 0 Å². The molecule has 0 amide bonds. The molecule has 1 aromatic heterocycles. The van der Waals surface area contributed by atoms with Gasteiger partial charge in [-0.15, -0.1) is 0 Å². The minimum absolute atomic E-state index is 0.536. The van der Waals surface area contributed by atoms with Crippen LogP contribution in [0.4, 0.5) is 0 Å². The molecule has 13 aromatic carbocycles. The third-order valence-electron chi connectivity index (χ3n) is 18.2. The van der Waals surface area contributed by atoms with Crippen LogP contribution in [-0.4, -0.2) is 15.0 Å². The zero-order valence-corrected chi connectivity index (χ0v) is 50.4. The lowest BCUT2D eigenvalue weighted by molar-refractivity contribution is 0.794. The Balaban J connectivity index is 0.862. The fourth-order valence-electron chi connectivity index (χ4n) is 14.0. The van der Waals surface area contributed by atoms with Crippen molar-refractivity contribution in [2.24, 2.45) is 0 Å². The summed E-state index contributed by atoms with van der Waals surface area (Å²) in [4.78, 5) is 16.6. The third-order valence-corrected chi connectivity index (χ3v) is 18.2. The zero-order chi connectivity index (χ0) is 60.7. The van der Waals surface area contributed by atoms with Crippen LogP contribution in [0.5, 0.6) is 0 Å². The Hall–Kier alpha value is -11.7. The van der Waals surface area contributed by atoms with E-state index in [1.54, 1.807) is 0 Å². The molecule has 0 unspecified atom stereocenters. The molecule has 0 N–H and O–H groups in total. The molecule has 2 aliphatic carbocycles. The molecule has 0 aliphatic heterocycles. The molecule has 3 heteroatoms. The summed E-state index contributed by atoms with van der Waals surface area (Å²) in [6.07, 6.45) is 9.30. The average molecular weight is 1160 g/mol. The quantitative estimate of drug-likeness (QED) is 0.108. The van der Waals surface area contributed by atoms with E-state index in [1.165, 1.54) is 72.3 Å². The minimum atomic E-state index is -0.536. The average Bonchev–Trinajstić information content (AvgIpc) is 1.51. The predicted molar refractivity (Wildman–Crippen MR) is 378 cm³/mol. The van der Waals surface area contributed by atoms with Gasteiger partial charge in [-0.25, -0.2) is 15.0 Å². The monoisotopic (exact) mass is 1160 g/mol. The summed E-state index contributed by atoms with van der Waals surface area (Å²) in [7, 11) is 0. The van der Waals surface area contributed by atoms with E-state index in [9.17, 15) is 0 Å². The molecule has 0 bridgehead atoms. The summed E-state index contributed by atoms with van der Waals surface area (Å²) in [5.74, 6) is 1.79. The molecule has 3 nitrogen and oxygen atoms in total. The van der Waals surface area contributed by atoms with Crippen LogP contribution >= 0.6 is 0 Å². The van der Waals surface area contributed by atoms with Crippen LogP contribution in [0.2, 0.25) is 0 Å². The minimum Gasteiger partial charge on any atom is -0.208 e. The van der Waals surface area contributed by atoms with Crippen molar-refractivity contribution in [3.8, 4) is 134 Å². The maximum absolute atomic E-state index is 5.56. The van der Waals surface area contributed by atoms with Gasteiger partial charge in [-0.3, -0.25) is 0 Å². The van der Waals surface area contributed by atoms with Gasteiger partial charge in [0.15, 0.2) is 17.5 Å². The number of hydrogen-bond acceptors (Lipinski definition) is 3. The van der Waals surface area contributed by atoms with E-state index in [0.717, 1.165) is 78.7 Å². The van der Waals surface area contributed by atoms with Crippen molar-refractivity contribution in [1.29, 1.82) is 0 Å². The molecule has 428 valence electrons. The first-order valence-corrected chi connectivity index (χ1v) is 31.4. The van der Waals surface area contributed by atoms with Gasteiger partial charge in [0, 0.05) is 16.7 Å². The summed E-state index contributed by atoms with van der Waals surface area (Å²) in [6, 6.07) is 115. The molecule has 0 atom stereocenters. The Labute approximate surface area is 532 Å². The van der Waals surface area contributed by atoms with Crippen molar-refractivity contribution < 1.29 is 0 Å². The number of fused-ring (bicyclic) bond motifs is 10. The number of benzene rings is 13. The molecule has 0 fully saturated rings. The highest BCUT2D eigenvalue weighted by molar-refractivity contribution is 5.96. The molecule has 2 aliphatic rings. The Bertz CT molecular complexity index is 5090. The van der Waals surface area contributed by atoms with Crippen LogP contribution in [-0.2, 0) is 11.8 Å². The summed E-state index contributed by atoms with van der Waals surface area (Å²) in [6.45, 7) is 2.05. The van der Waals surface area contributed by atoms with Gasteiger partial charge in [0.1, 0.15) is 0 Å². The number of rotatable bonds is 13. The first-order chi connectivity index (χ1) is 45.0. The highest BCUT2D eigenvalue weighted by atomic mass is 15.0. The second-order valence-electron chi connectivity index (χ2n) is 23.8. The van der Waals surface area contributed by atoms with Crippen LogP contribution in [0, 0.1) is 0 Å². The molecule has 0 radical (unpaired) electrons. The number of allylic oxidation sites excluding steroid dienone is 4. The van der Waals surface area contributed by atoms with E-state index in [4.69, 9.17) is 15.0 Å². The maximum Gasteiger partial charge on any atom is 0.164 e. The fourth-order valence-corrected chi connectivity index (χ4v) is 14.0. The highest BCUT2D eigenvalue weighted by Crippen LogP contribution is 2.63. The molecular formula is C88H61N3. The first-order valence-electron chi connectivity index (χ1n) is 31.4. The smallest absolute Gasteiger partial charge is 0.164 e. The molecule has 0 saturated heterocycles. The van der Waals surface area contributed by atoms with Crippen LogP contribution in [0.15, 0.2) is 340 Å². The Morgan fingerprint density at radius 2 is 0.538 bits per heavy atom. The molecule has 1 spiro atoms. The van der Waals surface area contributed by atoms with Crippen molar-refractivity contribution in [3.05, 3.63) is 368 Å². The second-order valence-corrected chi connectivity index (χ2v) is 23.8. The van der Waals surface area contributed by atoms with E-state index in [1.807, 2.05) is 0 Å². The van der Waals surface area contributed by atoms with Crippen molar-refractivity contribution in [1.82, 2.24) is 15.0 Å². The molecule has 14 aromatic rings. The Kier molecular flexibility index (Phi) is 14.1. The van der Waals surface area contributed by atoms with Gasteiger partial charge in [-0.05, 0) is 196 Å². The van der Waals surface area contributed by atoms with E-state index in [2.05, 4.69) is 347 Å². The van der Waals surface area contributed by atoms with Gasteiger partial charge in [0.2, 0.25) is 0 Å². The summed E-state index contributed by atoms with van der Waals surface area (Å²) < 4.78 is 0. The predicted octanol–water partition coefficient (Wildman–Crippen LogP) is 22.6. The van der Waals surface area contributed by atoms with E-state index in [0.29, 0.717) is 17.5 Å². The van der Waals surface area contributed by atoms with Gasteiger partial charge in [0.05, 0.1) is 5.41 Å². The first kappa shape index (κ1) is 54.7. The lowest BCUT2D eigenvalue weighted by Crippen LogP contribution is -2.25. The normalized spacial score (nSPS) is 12.5. The number of hydrogen-bond donors (Lipinski definition) is 0. The molecule has 0 saturated carbocycles. The third kappa shape index (κ3) is 10.1. The van der Waals surface area contributed by atoms with Crippen molar-refractivity contribution in [3.63, 3.8) is 0 Å². The lowest BCUT2D eigenvalue weighted by Gasteiger charge is -2.30. The van der Waals surface area contributed by atoms with Crippen molar-refractivity contribution >= 4 is 0 Å². The van der Waals surface area contributed by atoms with Gasteiger partial charge in [-0.1, -0.05) is 285 Å². The maximum atomic E-state index is 5.56. The molecule has 1 heterocycles. The van der Waals surface area contributed by atoms with Crippen molar-refractivity contribution in [2.45, 2.75) is 18.8 Å². The summed E-state index contributed by atoms with van der Waals surface area (Å²) in [5.41, 5.74) is 29.5. The second kappa shape index (κ2) is 23.5. The molecule has 16 rings (SSSR count). The Morgan fingerprint density at radius 1 is 0.242 bits per heavy atom. The van der Waals surface area contributed by atoms with Crippen LogP contribution in [0.25, 0.3) is 134 Å². The van der Waals surface area contributed by atoms with Gasteiger partial charge in [-0.2, -0.15) is 0 Å². The molecule has 91 heavy (non-hydrogen) atoms. The van der Waals surface area contributed by atoms with E-state index in [-0.39, 0.29) is 0 Å². The molecular weight excluding hydrogens is 1100 g/mol. The van der Waals surface area contributed by atoms with E-state index < -0.39 is 5.41 Å². The van der Waals surface area contributed by atoms with Crippen LogP contribution in [0.1, 0.15) is 34.7 Å². The summed E-state index contributed by atoms with van der Waals surface area (Å²) >= 11 is 0. The van der Waals surface area contributed by atoms with Gasteiger partial charge in [0.25, 0.3) is 0 Å². The Morgan fingerprint density at radius 3 is 0.956 bits per heavy atom. The summed E-state index contributed by atoms with van der Waals surface area (Å²) in [5, 5.41) is 0. The number of nitrogens with zero attached hydrogens (tertiary/aromatic N) is 3. The standard InChI is InChI=1S/C88H61N3/c1-2-3-4-8-25-59-48-72(65-34-21-32-63(50-65)60-26-9-5-10-27-60)54-73(49-59)67-36-23-38-69(52-67)85-89-86(70-39-24-37-68(53-70)76-56-74(62-30-13-7-14-31-62)55-75(57-76)66-35-22-33-64(51-66)61-28-11-6-12-29-61)91-87(90-85)71-46-47-80-79-42-17-20-45-83(79)88(84(80)58-71)81-43-18-15-40-77(81)78-41-16-19-44-82(78)88/h2-24,26-58H,25H2,1H3. The van der Waals surface area contributed by atoms with Crippen LogP contribution < -0.4 is 0 Å². The zero-order valence-electron chi connectivity index (χ0n) is 50.4. The number of aromatic nitrogens is 3.